The number of carbonyl (C=O) groups excluding carboxylic acids is 1. The number of nitrogens with zero attached hydrogens (tertiary/aromatic N) is 1. The van der Waals surface area contributed by atoms with Crippen molar-refractivity contribution in [2.24, 2.45) is 0 Å². The zero-order valence-corrected chi connectivity index (χ0v) is 16.8. The highest BCUT2D eigenvalue weighted by Gasteiger charge is 2.29. The Morgan fingerprint density at radius 1 is 1.15 bits per heavy atom. The number of carbonyl (C=O) groups is 1. The first-order valence-corrected chi connectivity index (χ1v) is 8.90. The van der Waals surface area contributed by atoms with Crippen LogP contribution in [0.3, 0.4) is 0 Å². The van der Waals surface area contributed by atoms with E-state index in [2.05, 4.69) is 5.32 Å². The van der Waals surface area contributed by atoms with E-state index in [1.165, 1.54) is 0 Å². The second kappa shape index (κ2) is 9.62. The van der Waals surface area contributed by atoms with Crippen molar-refractivity contribution >= 4 is 18.3 Å². The Morgan fingerprint density at radius 2 is 1.89 bits per heavy atom. The smallest absolute Gasteiger partial charge is 0.227 e. The Balaban J connectivity index is 0.00000261. The van der Waals surface area contributed by atoms with Crippen molar-refractivity contribution in [1.29, 1.82) is 0 Å². The predicted molar refractivity (Wildman–Crippen MR) is 109 cm³/mol. The van der Waals surface area contributed by atoms with E-state index in [1.807, 2.05) is 54.3 Å². The minimum Gasteiger partial charge on any atom is -0.496 e. The van der Waals surface area contributed by atoms with Gasteiger partial charge in [0.15, 0.2) is 0 Å². The van der Waals surface area contributed by atoms with Crippen LogP contribution in [0.5, 0.6) is 11.5 Å². The number of aryl methyl sites for hydroxylation is 1. The van der Waals surface area contributed by atoms with Crippen LogP contribution in [0.25, 0.3) is 0 Å². The van der Waals surface area contributed by atoms with Gasteiger partial charge in [0.25, 0.3) is 0 Å². The van der Waals surface area contributed by atoms with Crippen LogP contribution >= 0.6 is 12.4 Å². The fourth-order valence-corrected chi connectivity index (χ4v) is 3.47. The third kappa shape index (κ3) is 4.73. The van der Waals surface area contributed by atoms with Gasteiger partial charge in [-0.05, 0) is 30.2 Å². The molecular weight excluding hydrogens is 364 g/mol. The van der Waals surface area contributed by atoms with Gasteiger partial charge in [0, 0.05) is 25.2 Å². The van der Waals surface area contributed by atoms with Crippen LogP contribution < -0.4 is 14.8 Å². The Bertz CT molecular complexity index is 782. The molecule has 1 atom stereocenters. The van der Waals surface area contributed by atoms with E-state index in [9.17, 15) is 4.79 Å². The molecule has 146 valence electrons. The van der Waals surface area contributed by atoms with Gasteiger partial charge in [-0.25, -0.2) is 0 Å². The molecule has 2 aromatic rings. The number of methoxy groups -OCH3 is 2. The van der Waals surface area contributed by atoms with Crippen LogP contribution in [-0.2, 0) is 11.2 Å². The van der Waals surface area contributed by atoms with Crippen molar-refractivity contribution in [3.05, 3.63) is 59.2 Å². The molecule has 0 aliphatic carbocycles. The Kier molecular flexibility index (Phi) is 7.51. The lowest BCUT2D eigenvalue weighted by Crippen LogP contribution is -2.49. The van der Waals surface area contributed by atoms with Crippen LogP contribution in [0.15, 0.2) is 42.5 Å². The Hall–Kier alpha value is -2.24. The van der Waals surface area contributed by atoms with Crippen molar-refractivity contribution in [2.45, 2.75) is 19.4 Å². The van der Waals surface area contributed by atoms with E-state index in [0.29, 0.717) is 13.0 Å². The zero-order chi connectivity index (χ0) is 18.5. The second-order valence-corrected chi connectivity index (χ2v) is 6.53. The molecule has 1 fully saturated rings. The average molecular weight is 391 g/mol. The van der Waals surface area contributed by atoms with E-state index in [-0.39, 0.29) is 24.4 Å². The monoisotopic (exact) mass is 390 g/mol. The highest BCUT2D eigenvalue weighted by molar-refractivity contribution is 5.85. The molecule has 5 nitrogen and oxygen atoms in total. The topological polar surface area (TPSA) is 50.8 Å². The number of para-hydroxylation sites is 1. The number of nitrogens with one attached hydrogen (secondary N) is 1. The molecule has 1 amide bonds. The summed E-state index contributed by atoms with van der Waals surface area (Å²) in [5, 5.41) is 3.39. The lowest BCUT2D eigenvalue weighted by Gasteiger charge is -2.37. The number of benzene rings is 2. The number of rotatable bonds is 5. The SMILES string of the molecule is COc1cc(CC(=O)N2CCNCC2c2ccccc2OC)ccc1C.Cl. The number of ether oxygens (including phenoxy) is 2. The Morgan fingerprint density at radius 3 is 2.63 bits per heavy atom. The normalized spacial score (nSPS) is 16.4. The van der Waals surface area contributed by atoms with Crippen LogP contribution in [0.2, 0.25) is 0 Å². The number of hydrogen-bond donors (Lipinski definition) is 1. The zero-order valence-electron chi connectivity index (χ0n) is 16.0. The minimum absolute atomic E-state index is 0. The van der Waals surface area contributed by atoms with E-state index in [0.717, 1.165) is 41.3 Å². The maximum Gasteiger partial charge on any atom is 0.227 e. The summed E-state index contributed by atoms with van der Waals surface area (Å²) in [5.41, 5.74) is 3.07. The summed E-state index contributed by atoms with van der Waals surface area (Å²) in [6.07, 6.45) is 0.363. The quantitative estimate of drug-likeness (QED) is 0.852. The fourth-order valence-electron chi connectivity index (χ4n) is 3.47. The predicted octanol–water partition coefficient (Wildman–Crippen LogP) is 3.15. The highest BCUT2D eigenvalue weighted by Crippen LogP contribution is 2.30. The van der Waals surface area contributed by atoms with Gasteiger partial charge in [0.1, 0.15) is 11.5 Å². The first-order valence-electron chi connectivity index (χ1n) is 8.90. The van der Waals surface area contributed by atoms with Crippen LogP contribution in [0.4, 0.5) is 0 Å². The molecule has 0 saturated carbocycles. The van der Waals surface area contributed by atoms with Crippen LogP contribution in [0, 0.1) is 6.92 Å². The molecule has 1 heterocycles. The van der Waals surface area contributed by atoms with Crippen molar-refractivity contribution in [3.8, 4) is 11.5 Å². The molecule has 2 aromatic carbocycles. The van der Waals surface area contributed by atoms with E-state index >= 15 is 0 Å². The van der Waals surface area contributed by atoms with Crippen molar-refractivity contribution < 1.29 is 14.3 Å². The molecular formula is C21H27ClN2O3. The van der Waals surface area contributed by atoms with Crippen molar-refractivity contribution in [1.82, 2.24) is 10.2 Å². The summed E-state index contributed by atoms with van der Waals surface area (Å²) in [6, 6.07) is 13.8. The van der Waals surface area contributed by atoms with Gasteiger partial charge >= 0.3 is 0 Å². The third-order valence-corrected chi connectivity index (χ3v) is 4.89. The largest absolute Gasteiger partial charge is 0.496 e. The van der Waals surface area contributed by atoms with Crippen LogP contribution in [0.1, 0.15) is 22.7 Å². The molecule has 1 saturated heterocycles. The van der Waals surface area contributed by atoms with Crippen molar-refractivity contribution in [2.75, 3.05) is 33.9 Å². The maximum atomic E-state index is 13.1. The molecule has 27 heavy (non-hydrogen) atoms. The average Bonchev–Trinajstić information content (AvgIpc) is 2.69. The number of hydrogen-bond acceptors (Lipinski definition) is 4. The van der Waals surface area contributed by atoms with Gasteiger partial charge in [-0.3, -0.25) is 4.79 Å². The molecule has 1 N–H and O–H groups in total. The number of halogens is 1. The lowest BCUT2D eigenvalue weighted by molar-refractivity contribution is -0.133. The summed E-state index contributed by atoms with van der Waals surface area (Å²) in [5.74, 6) is 1.75. The molecule has 0 spiro atoms. The third-order valence-electron chi connectivity index (χ3n) is 4.89. The van der Waals surface area contributed by atoms with Gasteiger partial charge in [0.2, 0.25) is 5.91 Å². The van der Waals surface area contributed by atoms with Gasteiger partial charge in [0.05, 0.1) is 26.7 Å². The molecule has 0 radical (unpaired) electrons. The van der Waals surface area contributed by atoms with Crippen molar-refractivity contribution in [3.63, 3.8) is 0 Å². The molecule has 1 unspecified atom stereocenters. The van der Waals surface area contributed by atoms with Crippen LogP contribution in [-0.4, -0.2) is 44.7 Å². The van der Waals surface area contributed by atoms with Gasteiger partial charge in [-0.15, -0.1) is 12.4 Å². The summed E-state index contributed by atoms with van der Waals surface area (Å²) < 4.78 is 10.9. The van der Waals surface area contributed by atoms with Gasteiger partial charge in [-0.2, -0.15) is 0 Å². The molecule has 3 rings (SSSR count). The number of piperazine rings is 1. The first kappa shape index (κ1) is 21.1. The first-order chi connectivity index (χ1) is 12.6. The van der Waals surface area contributed by atoms with Gasteiger partial charge < -0.3 is 19.7 Å². The standard InChI is InChI=1S/C21H26N2O3.ClH/c1-15-8-9-16(12-20(15)26-3)13-21(24)23-11-10-22-14-18(23)17-6-4-5-7-19(17)25-2;/h4-9,12,18,22H,10-11,13-14H2,1-3H3;1H. The summed E-state index contributed by atoms with van der Waals surface area (Å²) >= 11 is 0. The summed E-state index contributed by atoms with van der Waals surface area (Å²) in [6.45, 7) is 4.21. The fraction of sp³-hybridized carbons (Fsp3) is 0.381. The lowest BCUT2D eigenvalue weighted by atomic mass is 10.0. The number of amides is 1. The summed E-state index contributed by atoms with van der Waals surface area (Å²) in [4.78, 5) is 15.0. The molecule has 6 heteroatoms. The molecule has 0 bridgehead atoms. The molecule has 1 aliphatic heterocycles. The Labute approximate surface area is 167 Å². The van der Waals surface area contributed by atoms with E-state index in [1.54, 1.807) is 14.2 Å². The minimum atomic E-state index is -0.0280. The second-order valence-electron chi connectivity index (χ2n) is 6.53. The molecule has 0 aromatic heterocycles. The van der Waals surface area contributed by atoms with E-state index < -0.39 is 0 Å². The molecule has 1 aliphatic rings. The maximum absolute atomic E-state index is 13.1. The van der Waals surface area contributed by atoms with Gasteiger partial charge in [-0.1, -0.05) is 30.3 Å². The summed E-state index contributed by atoms with van der Waals surface area (Å²) in [7, 11) is 3.32. The van der Waals surface area contributed by atoms with E-state index in [4.69, 9.17) is 9.47 Å². The highest BCUT2D eigenvalue weighted by atomic mass is 35.5.